The third kappa shape index (κ3) is 5.93. The van der Waals surface area contributed by atoms with Crippen LogP contribution < -0.4 is 5.32 Å². The SMILES string of the molecule is Cc1ccc(CCC(=O)N[C@@H](CC2=CCc3ccccc32)C(=O)OCc2ccccc2)cc1O. The van der Waals surface area contributed by atoms with Gasteiger partial charge in [-0.15, -0.1) is 0 Å². The van der Waals surface area contributed by atoms with Gasteiger partial charge in [0.15, 0.2) is 0 Å². The van der Waals surface area contributed by atoms with Crippen LogP contribution in [0.3, 0.4) is 0 Å². The number of hydrogen-bond donors (Lipinski definition) is 2. The van der Waals surface area contributed by atoms with Crippen LogP contribution in [-0.2, 0) is 33.8 Å². The summed E-state index contributed by atoms with van der Waals surface area (Å²) in [5.74, 6) is -0.462. The molecule has 34 heavy (non-hydrogen) atoms. The van der Waals surface area contributed by atoms with Gasteiger partial charge in [0, 0.05) is 12.8 Å². The van der Waals surface area contributed by atoms with Gasteiger partial charge in [0.1, 0.15) is 18.4 Å². The molecule has 0 saturated heterocycles. The highest BCUT2D eigenvalue weighted by Crippen LogP contribution is 2.30. The predicted octanol–water partition coefficient (Wildman–Crippen LogP) is 4.89. The zero-order valence-corrected chi connectivity index (χ0v) is 19.3. The number of nitrogens with one attached hydrogen (secondary N) is 1. The Labute approximate surface area is 200 Å². The number of phenolic OH excluding ortho intramolecular Hbond substituents is 1. The molecule has 0 aromatic heterocycles. The van der Waals surface area contributed by atoms with Gasteiger partial charge >= 0.3 is 5.97 Å². The first-order chi connectivity index (χ1) is 16.5. The maximum absolute atomic E-state index is 13.0. The molecule has 0 saturated carbocycles. The van der Waals surface area contributed by atoms with Gasteiger partial charge in [0.25, 0.3) is 0 Å². The van der Waals surface area contributed by atoms with Gasteiger partial charge in [-0.25, -0.2) is 4.79 Å². The zero-order valence-electron chi connectivity index (χ0n) is 19.3. The first kappa shape index (κ1) is 23.3. The summed E-state index contributed by atoms with van der Waals surface area (Å²) in [7, 11) is 0. The smallest absolute Gasteiger partial charge is 0.329 e. The van der Waals surface area contributed by atoms with Gasteiger partial charge < -0.3 is 15.2 Å². The number of phenols is 1. The average Bonchev–Trinajstić information content (AvgIpc) is 3.26. The molecule has 5 heteroatoms. The van der Waals surface area contributed by atoms with Crippen LogP contribution in [0, 0.1) is 6.92 Å². The Bertz CT molecular complexity index is 1200. The summed E-state index contributed by atoms with van der Waals surface area (Å²) in [6.07, 6.45) is 3.99. The second kappa shape index (κ2) is 10.8. The van der Waals surface area contributed by atoms with Crippen LogP contribution in [0.4, 0.5) is 0 Å². The molecule has 0 radical (unpaired) electrons. The molecule has 1 amide bonds. The number of amides is 1. The fraction of sp³-hybridized carbons (Fsp3) is 0.241. The maximum atomic E-state index is 13.0. The van der Waals surface area contributed by atoms with Gasteiger partial charge in [0.05, 0.1) is 0 Å². The number of carbonyl (C=O) groups is 2. The maximum Gasteiger partial charge on any atom is 0.329 e. The van der Waals surface area contributed by atoms with Crippen molar-refractivity contribution in [3.8, 4) is 5.75 Å². The first-order valence-electron chi connectivity index (χ1n) is 11.6. The third-order valence-corrected chi connectivity index (χ3v) is 6.11. The minimum absolute atomic E-state index is 0.157. The first-order valence-corrected chi connectivity index (χ1v) is 11.6. The van der Waals surface area contributed by atoms with Gasteiger partial charge in [-0.1, -0.05) is 72.8 Å². The van der Waals surface area contributed by atoms with Crippen molar-refractivity contribution in [2.45, 2.75) is 45.3 Å². The Morgan fingerprint density at radius 2 is 1.76 bits per heavy atom. The highest BCUT2D eigenvalue weighted by molar-refractivity contribution is 5.87. The summed E-state index contributed by atoms with van der Waals surface area (Å²) in [6, 6.07) is 22.2. The van der Waals surface area contributed by atoms with Gasteiger partial charge in [-0.05, 0) is 59.2 Å². The molecule has 0 aliphatic heterocycles. The van der Waals surface area contributed by atoms with E-state index in [9.17, 15) is 14.7 Å². The van der Waals surface area contributed by atoms with E-state index in [2.05, 4.69) is 17.5 Å². The van der Waals surface area contributed by atoms with Crippen LogP contribution in [0.15, 0.2) is 78.9 Å². The summed E-state index contributed by atoms with van der Waals surface area (Å²) in [4.78, 5) is 25.8. The molecular formula is C29H29NO4. The van der Waals surface area contributed by atoms with E-state index in [-0.39, 0.29) is 24.7 Å². The van der Waals surface area contributed by atoms with E-state index in [1.807, 2.05) is 67.6 Å². The van der Waals surface area contributed by atoms with E-state index in [1.54, 1.807) is 6.07 Å². The minimum atomic E-state index is -0.778. The molecule has 5 nitrogen and oxygen atoms in total. The molecule has 2 N–H and O–H groups in total. The number of esters is 1. The number of carbonyl (C=O) groups excluding carboxylic acids is 2. The number of aryl methyl sites for hydroxylation is 2. The Kier molecular flexibility index (Phi) is 7.43. The highest BCUT2D eigenvalue weighted by Gasteiger charge is 2.26. The molecule has 1 atom stereocenters. The molecule has 0 bridgehead atoms. The number of fused-ring (bicyclic) bond motifs is 1. The summed E-state index contributed by atoms with van der Waals surface area (Å²) < 4.78 is 5.57. The van der Waals surface area contributed by atoms with Crippen LogP contribution >= 0.6 is 0 Å². The fourth-order valence-electron chi connectivity index (χ4n) is 4.13. The van der Waals surface area contributed by atoms with Gasteiger partial charge in [-0.3, -0.25) is 4.79 Å². The fourth-order valence-corrected chi connectivity index (χ4v) is 4.13. The topological polar surface area (TPSA) is 75.6 Å². The molecule has 4 rings (SSSR count). The van der Waals surface area contributed by atoms with Crippen molar-refractivity contribution in [1.29, 1.82) is 0 Å². The number of benzene rings is 3. The Balaban J connectivity index is 1.42. The summed E-state index contributed by atoms with van der Waals surface area (Å²) in [5, 5.41) is 12.8. The molecule has 0 heterocycles. The lowest BCUT2D eigenvalue weighted by atomic mass is 9.99. The van der Waals surface area contributed by atoms with E-state index >= 15 is 0 Å². The van der Waals surface area contributed by atoms with Crippen LogP contribution in [0.2, 0.25) is 0 Å². The largest absolute Gasteiger partial charge is 0.508 e. The van der Waals surface area contributed by atoms with E-state index in [0.29, 0.717) is 12.8 Å². The molecule has 0 spiro atoms. The second-order valence-electron chi connectivity index (χ2n) is 8.63. The van der Waals surface area contributed by atoms with Gasteiger partial charge in [-0.2, -0.15) is 0 Å². The molecule has 1 aliphatic carbocycles. The van der Waals surface area contributed by atoms with Crippen molar-refractivity contribution in [1.82, 2.24) is 5.32 Å². The summed E-state index contributed by atoms with van der Waals surface area (Å²) in [5.41, 5.74) is 5.94. The van der Waals surface area contributed by atoms with Crippen molar-refractivity contribution in [3.05, 3.63) is 107 Å². The number of rotatable bonds is 9. The van der Waals surface area contributed by atoms with E-state index in [4.69, 9.17) is 4.74 Å². The van der Waals surface area contributed by atoms with Crippen molar-refractivity contribution in [2.75, 3.05) is 0 Å². The molecule has 3 aromatic carbocycles. The highest BCUT2D eigenvalue weighted by atomic mass is 16.5. The summed E-state index contributed by atoms with van der Waals surface area (Å²) >= 11 is 0. The quantitative estimate of drug-likeness (QED) is 0.451. The standard InChI is InChI=1S/C29H29NO4/c1-20-11-12-21(17-27(20)31)13-16-28(32)30-26(29(33)34-19-22-7-3-2-4-8-22)18-24-15-14-23-9-5-6-10-25(23)24/h2-12,15,17,26,31H,13-14,16,18-19H2,1H3,(H,30,32)/t26-/m0/s1. The molecular weight excluding hydrogens is 426 g/mol. The lowest BCUT2D eigenvalue weighted by Gasteiger charge is -2.19. The molecule has 0 unspecified atom stereocenters. The van der Waals surface area contributed by atoms with Gasteiger partial charge in [0.2, 0.25) is 5.91 Å². The van der Waals surface area contributed by atoms with E-state index < -0.39 is 12.0 Å². The Morgan fingerprint density at radius 3 is 2.56 bits per heavy atom. The van der Waals surface area contributed by atoms with Crippen molar-refractivity contribution in [2.24, 2.45) is 0 Å². The number of allylic oxidation sites excluding steroid dienone is 1. The third-order valence-electron chi connectivity index (χ3n) is 6.11. The summed E-state index contributed by atoms with van der Waals surface area (Å²) in [6.45, 7) is 1.98. The number of aromatic hydroxyl groups is 1. The molecule has 174 valence electrons. The zero-order chi connectivity index (χ0) is 23.9. The average molecular weight is 456 g/mol. The predicted molar refractivity (Wildman–Crippen MR) is 132 cm³/mol. The molecule has 0 fully saturated rings. The number of hydrogen-bond acceptors (Lipinski definition) is 4. The second-order valence-corrected chi connectivity index (χ2v) is 8.63. The normalized spacial score (nSPS) is 13.0. The molecule has 1 aliphatic rings. The van der Waals surface area contributed by atoms with Crippen LogP contribution in [-0.4, -0.2) is 23.0 Å². The van der Waals surface area contributed by atoms with E-state index in [1.165, 1.54) is 5.56 Å². The Hall–Kier alpha value is -3.86. The van der Waals surface area contributed by atoms with Crippen molar-refractivity contribution in [3.63, 3.8) is 0 Å². The Morgan fingerprint density at radius 1 is 1.00 bits per heavy atom. The minimum Gasteiger partial charge on any atom is -0.508 e. The molecule has 3 aromatic rings. The van der Waals surface area contributed by atoms with Crippen LogP contribution in [0.5, 0.6) is 5.75 Å². The van der Waals surface area contributed by atoms with E-state index in [0.717, 1.165) is 34.2 Å². The monoisotopic (exact) mass is 455 g/mol. The van der Waals surface area contributed by atoms with Crippen LogP contribution in [0.25, 0.3) is 5.57 Å². The lowest BCUT2D eigenvalue weighted by molar-refractivity contribution is -0.149. The van der Waals surface area contributed by atoms with Crippen molar-refractivity contribution >= 4 is 17.4 Å². The van der Waals surface area contributed by atoms with Crippen LogP contribution in [0.1, 0.15) is 40.7 Å². The van der Waals surface area contributed by atoms with Crippen molar-refractivity contribution < 1.29 is 19.4 Å². The lowest BCUT2D eigenvalue weighted by Crippen LogP contribution is -2.42. The number of ether oxygens (including phenoxy) is 1.